The Labute approximate surface area is 140 Å². The number of rotatable bonds is 4. The molecule has 0 atom stereocenters. The first kappa shape index (κ1) is 11.5. The van der Waals surface area contributed by atoms with Gasteiger partial charge in [0.2, 0.25) is 0 Å². The first-order chi connectivity index (χ1) is 12.0. The highest BCUT2D eigenvalue weighted by Crippen LogP contribution is 2.19. The van der Waals surface area contributed by atoms with E-state index in [0.717, 1.165) is 16.3 Å². The molecule has 0 aromatic heterocycles. The van der Waals surface area contributed by atoms with Crippen molar-refractivity contribution < 1.29 is 5.48 Å². The average molecular weight is 295 g/mol. The van der Waals surface area contributed by atoms with Crippen LogP contribution in [0, 0.1) is 17.3 Å². The third-order valence-corrected chi connectivity index (χ3v) is 3.10. The minimum absolute atomic E-state index is 0.283. The molecular formula is C21H25N. The van der Waals surface area contributed by atoms with Crippen LogP contribution in [0.5, 0.6) is 0 Å². The number of hydrogen-bond donors (Lipinski definition) is 0. The Kier molecular flexibility index (Phi) is 3.82. The lowest BCUT2D eigenvalue weighted by atomic mass is 9.98. The molecule has 0 unspecified atom stereocenters. The lowest BCUT2D eigenvalue weighted by Crippen LogP contribution is -2.17. The monoisotopic (exact) mass is 295 g/mol. The van der Waals surface area contributed by atoms with Crippen molar-refractivity contribution in [3.63, 3.8) is 0 Å². The van der Waals surface area contributed by atoms with Crippen LogP contribution in [0.1, 0.15) is 31.8 Å². The molecule has 0 saturated carbocycles. The van der Waals surface area contributed by atoms with Gasteiger partial charge < -0.3 is 0 Å². The summed E-state index contributed by atoms with van der Waals surface area (Å²) in [5, 5.41) is 2.16. The fourth-order valence-electron chi connectivity index (χ4n) is 2.10. The van der Waals surface area contributed by atoms with Gasteiger partial charge in [0.25, 0.3) is 0 Å². The molecule has 2 aromatic rings. The summed E-state index contributed by atoms with van der Waals surface area (Å²) in [6.07, 6.45) is 0. The summed E-state index contributed by atoms with van der Waals surface area (Å²) in [5.41, 5.74) is 0.684. The fraction of sp³-hybridized carbons (Fsp3) is 0.333. The summed E-state index contributed by atoms with van der Waals surface area (Å²) >= 11 is 0. The van der Waals surface area contributed by atoms with Gasteiger partial charge in [-0.15, -0.1) is 0 Å². The van der Waals surface area contributed by atoms with Gasteiger partial charge in [0.05, 0.1) is 2.74 Å². The highest BCUT2D eigenvalue weighted by atomic mass is 15.1. The Morgan fingerprint density at radius 1 is 1.18 bits per heavy atom. The first-order valence-corrected chi connectivity index (χ1v) is 7.41. The second-order valence-corrected chi connectivity index (χ2v) is 6.36. The van der Waals surface area contributed by atoms with Crippen molar-refractivity contribution in [2.75, 3.05) is 13.5 Å². The minimum atomic E-state index is -2.08. The number of likely N-dealkylation sites (N-methyl/N-ethyl adjacent to an activating group) is 1. The van der Waals surface area contributed by atoms with Crippen molar-refractivity contribution in [3.8, 4) is 11.8 Å². The molecule has 0 aliphatic heterocycles. The second-order valence-electron chi connectivity index (χ2n) is 6.36. The largest absolute Gasteiger partial charge is 0.298 e. The van der Waals surface area contributed by atoms with E-state index in [0.29, 0.717) is 6.54 Å². The van der Waals surface area contributed by atoms with Crippen LogP contribution < -0.4 is 0 Å². The Hall–Kier alpha value is -2.04. The van der Waals surface area contributed by atoms with Gasteiger partial charge in [0.1, 0.15) is 0 Å². The maximum absolute atomic E-state index is 8.32. The molecule has 0 aliphatic rings. The average Bonchev–Trinajstić information content (AvgIpc) is 2.58. The molecule has 0 amide bonds. The van der Waals surface area contributed by atoms with Crippen molar-refractivity contribution in [2.24, 2.45) is 5.41 Å². The van der Waals surface area contributed by atoms with Crippen LogP contribution in [0.2, 0.25) is 0 Å². The van der Waals surface area contributed by atoms with Gasteiger partial charge in [-0.2, -0.15) is 0 Å². The van der Waals surface area contributed by atoms with Gasteiger partial charge >= 0.3 is 0 Å². The maximum Gasteiger partial charge on any atom is 0.0717 e. The van der Waals surface area contributed by atoms with E-state index in [4.69, 9.17) is 5.48 Å². The van der Waals surface area contributed by atoms with Crippen LogP contribution in [0.3, 0.4) is 0 Å². The van der Waals surface area contributed by atoms with E-state index in [1.807, 2.05) is 63.2 Å². The van der Waals surface area contributed by atoms with E-state index in [1.54, 1.807) is 7.05 Å². The SMILES string of the molecule is [2H]/C(C#CC(C)(C)C)=C(/[2H])C([2H])([2H])N(C)Cc1cccc2ccccc12. The molecule has 0 radical (unpaired) electrons. The molecule has 0 aliphatic carbocycles. The van der Waals surface area contributed by atoms with E-state index < -0.39 is 12.5 Å². The normalized spacial score (nSPS) is 16.0. The molecule has 1 heteroatoms. The third kappa shape index (κ3) is 5.06. The molecule has 114 valence electrons. The van der Waals surface area contributed by atoms with Crippen LogP contribution in [0.25, 0.3) is 10.8 Å². The lowest BCUT2D eigenvalue weighted by Gasteiger charge is -2.15. The van der Waals surface area contributed by atoms with Crippen LogP contribution in [-0.4, -0.2) is 18.4 Å². The number of benzene rings is 2. The summed E-state index contributed by atoms with van der Waals surface area (Å²) < 4.78 is 32.7. The van der Waals surface area contributed by atoms with Crippen LogP contribution in [0.15, 0.2) is 54.6 Å². The smallest absolute Gasteiger partial charge is 0.0717 e. The second kappa shape index (κ2) is 7.29. The molecule has 22 heavy (non-hydrogen) atoms. The highest BCUT2D eigenvalue weighted by Gasteiger charge is 2.03. The maximum atomic E-state index is 8.32. The molecule has 0 heterocycles. The van der Waals surface area contributed by atoms with E-state index in [2.05, 4.69) is 11.8 Å². The molecule has 0 bridgehead atoms. The molecule has 1 nitrogen and oxygen atoms in total. The van der Waals surface area contributed by atoms with Gasteiger partial charge in [0, 0.05) is 21.2 Å². The van der Waals surface area contributed by atoms with Gasteiger partial charge in [-0.25, -0.2) is 0 Å². The molecular weight excluding hydrogens is 266 g/mol. The lowest BCUT2D eigenvalue weighted by molar-refractivity contribution is 0.365. The fourth-order valence-corrected chi connectivity index (χ4v) is 2.10. The first-order valence-electron chi connectivity index (χ1n) is 9.41. The number of fused-ring (bicyclic) bond motifs is 1. The van der Waals surface area contributed by atoms with Crippen LogP contribution >= 0.6 is 0 Å². The minimum Gasteiger partial charge on any atom is -0.298 e. The molecule has 2 rings (SSSR count). The zero-order valence-corrected chi connectivity index (χ0v) is 13.7. The Morgan fingerprint density at radius 2 is 1.91 bits per heavy atom. The predicted octanol–water partition coefficient (Wildman–Crippen LogP) is 4.88. The van der Waals surface area contributed by atoms with Crippen molar-refractivity contribution in [3.05, 3.63) is 60.1 Å². The summed E-state index contributed by atoms with van der Waals surface area (Å²) in [6.45, 7) is 3.99. The van der Waals surface area contributed by atoms with Crippen LogP contribution in [0.4, 0.5) is 0 Å². The predicted molar refractivity (Wildman–Crippen MR) is 96.7 cm³/mol. The Morgan fingerprint density at radius 3 is 2.68 bits per heavy atom. The molecule has 0 N–H and O–H groups in total. The summed E-state index contributed by atoms with van der Waals surface area (Å²) in [7, 11) is 1.63. The van der Waals surface area contributed by atoms with E-state index >= 15 is 0 Å². The van der Waals surface area contributed by atoms with Crippen molar-refractivity contribution in [1.29, 1.82) is 0 Å². The molecule has 0 saturated heterocycles. The summed E-state index contributed by atoms with van der Waals surface area (Å²) in [5.74, 6) is 5.51. The topological polar surface area (TPSA) is 3.24 Å². The van der Waals surface area contributed by atoms with Gasteiger partial charge in [-0.05, 0) is 50.2 Å². The van der Waals surface area contributed by atoms with E-state index in [1.165, 1.54) is 4.90 Å². The number of allylic oxidation sites excluding steroid dienone is 1. The van der Waals surface area contributed by atoms with Gasteiger partial charge in [-0.3, -0.25) is 4.90 Å². The van der Waals surface area contributed by atoms with E-state index in [-0.39, 0.29) is 11.5 Å². The van der Waals surface area contributed by atoms with Crippen molar-refractivity contribution in [2.45, 2.75) is 27.3 Å². The van der Waals surface area contributed by atoms with Gasteiger partial charge in [0.15, 0.2) is 0 Å². The van der Waals surface area contributed by atoms with Crippen molar-refractivity contribution in [1.82, 2.24) is 4.90 Å². The highest BCUT2D eigenvalue weighted by molar-refractivity contribution is 5.85. The van der Waals surface area contributed by atoms with Crippen molar-refractivity contribution >= 4 is 10.8 Å². The molecule has 0 fully saturated rings. The summed E-state index contributed by atoms with van der Waals surface area (Å²) in [4.78, 5) is 1.45. The zero-order chi connectivity index (χ0) is 19.5. The Bertz CT molecular complexity index is 877. The standard InChI is InChI=1S/C21H25N/c1-21(2,3)15-8-5-9-16-22(4)17-19-13-10-12-18-11-6-7-14-20(18)19/h5-7,9-14H,16-17H2,1-4H3/b9-5+/i5D,9D,16D2. The number of hydrogen-bond acceptors (Lipinski definition) is 1. The quantitative estimate of drug-likeness (QED) is 0.727. The zero-order valence-electron chi connectivity index (χ0n) is 17.7. The van der Waals surface area contributed by atoms with Gasteiger partial charge in [-0.1, -0.05) is 60.4 Å². The van der Waals surface area contributed by atoms with E-state index in [9.17, 15) is 0 Å². The summed E-state index contributed by atoms with van der Waals surface area (Å²) in [6, 6.07) is 13.2. The molecule has 0 spiro atoms. The Balaban J connectivity index is 2.31. The third-order valence-electron chi connectivity index (χ3n) is 3.10. The number of nitrogens with zero attached hydrogens (tertiary/aromatic N) is 1. The van der Waals surface area contributed by atoms with Crippen LogP contribution in [-0.2, 0) is 6.54 Å². The molecule has 2 aromatic carbocycles.